The highest BCUT2D eigenvalue weighted by Crippen LogP contribution is 2.27. The monoisotopic (exact) mass is 233 g/mol. The van der Waals surface area contributed by atoms with Crippen LogP contribution in [0.2, 0.25) is 0 Å². The Hall–Kier alpha value is -2.23. The minimum Gasteiger partial charge on any atom is -0.507 e. The number of hydrogen-bond donors (Lipinski definition) is 1. The third-order valence-electron chi connectivity index (χ3n) is 2.35. The van der Waals surface area contributed by atoms with E-state index < -0.39 is 11.6 Å². The van der Waals surface area contributed by atoms with Gasteiger partial charge in [-0.2, -0.15) is 0 Å². The third kappa shape index (κ3) is 2.15. The molecule has 0 spiro atoms. The first kappa shape index (κ1) is 11.3. The summed E-state index contributed by atoms with van der Waals surface area (Å²) in [5, 5.41) is 9.44. The summed E-state index contributed by atoms with van der Waals surface area (Å²) in [5.41, 5.74) is 0.509. The van der Waals surface area contributed by atoms with Crippen molar-refractivity contribution in [2.24, 2.45) is 0 Å². The lowest BCUT2D eigenvalue weighted by Gasteiger charge is -2.05. The summed E-state index contributed by atoms with van der Waals surface area (Å²) in [4.78, 5) is 10.4. The summed E-state index contributed by atoms with van der Waals surface area (Å²) >= 11 is 0. The summed E-state index contributed by atoms with van der Waals surface area (Å²) in [6.07, 6.45) is 1.54. The van der Waals surface area contributed by atoms with E-state index in [0.717, 1.165) is 12.1 Å². The molecule has 2 nitrogen and oxygen atoms in total. The van der Waals surface area contributed by atoms with Crippen molar-refractivity contribution in [2.75, 3.05) is 0 Å². The molecule has 1 radical (unpaired) electrons. The standard InChI is InChI=1S/C13H7F2O2/c14-10-3-4-11(12(15)6-10)8-1-2-9(7-16)13(17)5-8/h1-6,17H. The summed E-state index contributed by atoms with van der Waals surface area (Å²) in [5.74, 6) is -1.69. The van der Waals surface area contributed by atoms with Crippen molar-refractivity contribution in [3.8, 4) is 16.9 Å². The Labute approximate surface area is 96.1 Å². The maximum absolute atomic E-state index is 13.5. The van der Waals surface area contributed by atoms with Crippen LogP contribution in [-0.2, 0) is 4.79 Å². The van der Waals surface area contributed by atoms with Gasteiger partial charge in [0.1, 0.15) is 17.4 Å². The van der Waals surface area contributed by atoms with E-state index in [4.69, 9.17) is 0 Å². The van der Waals surface area contributed by atoms with E-state index in [1.165, 1.54) is 24.3 Å². The maximum atomic E-state index is 13.5. The van der Waals surface area contributed by atoms with Crippen molar-refractivity contribution >= 4 is 6.29 Å². The second kappa shape index (κ2) is 4.33. The second-order valence-corrected chi connectivity index (χ2v) is 3.46. The highest BCUT2D eigenvalue weighted by molar-refractivity contribution is 5.82. The molecule has 0 atom stereocenters. The van der Waals surface area contributed by atoms with Crippen molar-refractivity contribution in [1.29, 1.82) is 0 Å². The molecule has 0 saturated heterocycles. The lowest BCUT2D eigenvalue weighted by Crippen LogP contribution is -1.88. The molecule has 0 fully saturated rings. The smallest absolute Gasteiger partial charge is 0.237 e. The minimum atomic E-state index is -0.729. The molecule has 17 heavy (non-hydrogen) atoms. The molecule has 1 N–H and O–H groups in total. The molecule has 2 aromatic rings. The van der Waals surface area contributed by atoms with Crippen LogP contribution < -0.4 is 0 Å². The minimum absolute atomic E-state index is 0.00345. The summed E-state index contributed by atoms with van der Waals surface area (Å²) < 4.78 is 26.2. The predicted molar refractivity (Wildman–Crippen MR) is 58.3 cm³/mol. The number of aromatic hydroxyl groups is 1. The molecule has 2 aromatic carbocycles. The zero-order chi connectivity index (χ0) is 12.4. The largest absolute Gasteiger partial charge is 0.507 e. The molecular formula is C13H7F2O2. The third-order valence-corrected chi connectivity index (χ3v) is 2.35. The Kier molecular flexibility index (Phi) is 2.87. The van der Waals surface area contributed by atoms with Gasteiger partial charge in [0.05, 0.1) is 5.56 Å². The number of phenolic OH excluding ortho intramolecular Hbond substituents is 1. The topological polar surface area (TPSA) is 37.3 Å². The first-order chi connectivity index (χ1) is 8.11. The number of phenols is 1. The average molecular weight is 233 g/mol. The van der Waals surface area contributed by atoms with Crippen molar-refractivity contribution in [2.45, 2.75) is 0 Å². The van der Waals surface area contributed by atoms with E-state index >= 15 is 0 Å². The van der Waals surface area contributed by atoms with Gasteiger partial charge in [0.2, 0.25) is 6.29 Å². The van der Waals surface area contributed by atoms with Gasteiger partial charge in [-0.25, -0.2) is 8.78 Å². The number of carbonyl (C=O) groups excluding carboxylic acids is 1. The van der Waals surface area contributed by atoms with Crippen LogP contribution in [0.3, 0.4) is 0 Å². The number of halogens is 2. The molecule has 0 aromatic heterocycles. The quantitative estimate of drug-likeness (QED) is 0.865. The lowest BCUT2D eigenvalue weighted by atomic mass is 10.0. The van der Waals surface area contributed by atoms with E-state index in [2.05, 4.69) is 0 Å². The highest BCUT2D eigenvalue weighted by Gasteiger charge is 2.09. The fourth-order valence-electron chi connectivity index (χ4n) is 1.51. The molecule has 0 aliphatic carbocycles. The summed E-state index contributed by atoms with van der Waals surface area (Å²) in [6.45, 7) is 0. The molecule has 0 unspecified atom stereocenters. The van der Waals surface area contributed by atoms with E-state index in [9.17, 15) is 18.7 Å². The van der Waals surface area contributed by atoms with Gasteiger partial charge in [0, 0.05) is 11.6 Å². The summed E-state index contributed by atoms with van der Waals surface area (Å²) in [7, 11) is 0. The average Bonchev–Trinajstić information content (AvgIpc) is 2.29. The maximum Gasteiger partial charge on any atom is 0.237 e. The normalized spacial score (nSPS) is 10.2. The molecule has 0 aliphatic rings. The van der Waals surface area contributed by atoms with E-state index in [1.54, 1.807) is 6.29 Å². The van der Waals surface area contributed by atoms with Crippen LogP contribution in [0, 0.1) is 11.6 Å². The van der Waals surface area contributed by atoms with Gasteiger partial charge < -0.3 is 5.11 Å². The molecule has 0 aliphatic heterocycles. The van der Waals surface area contributed by atoms with Crippen molar-refractivity contribution in [3.05, 3.63) is 53.6 Å². The van der Waals surface area contributed by atoms with Crippen LogP contribution in [0.15, 0.2) is 36.4 Å². The zero-order valence-electron chi connectivity index (χ0n) is 8.58. The first-order valence-electron chi connectivity index (χ1n) is 4.78. The fraction of sp³-hybridized carbons (Fsp3) is 0. The van der Waals surface area contributed by atoms with E-state index in [0.29, 0.717) is 5.56 Å². The molecular weight excluding hydrogens is 226 g/mol. The van der Waals surface area contributed by atoms with E-state index in [1.807, 2.05) is 0 Å². The van der Waals surface area contributed by atoms with Gasteiger partial charge in [0.25, 0.3) is 0 Å². The van der Waals surface area contributed by atoms with Gasteiger partial charge in [-0.3, -0.25) is 4.79 Å². The molecule has 0 bridgehead atoms. The Balaban J connectivity index is 2.53. The fourth-order valence-corrected chi connectivity index (χ4v) is 1.51. The Bertz CT molecular complexity index is 580. The Morgan fingerprint density at radius 2 is 1.82 bits per heavy atom. The van der Waals surface area contributed by atoms with Gasteiger partial charge in [0.15, 0.2) is 0 Å². The molecule has 4 heteroatoms. The Morgan fingerprint density at radius 1 is 1.06 bits per heavy atom. The van der Waals surface area contributed by atoms with Crippen molar-refractivity contribution < 1.29 is 18.7 Å². The van der Waals surface area contributed by atoms with Gasteiger partial charge in [-0.05, 0) is 29.8 Å². The van der Waals surface area contributed by atoms with Crippen LogP contribution in [0.1, 0.15) is 5.56 Å². The van der Waals surface area contributed by atoms with Crippen LogP contribution >= 0.6 is 0 Å². The number of rotatable bonds is 2. The summed E-state index contributed by atoms with van der Waals surface area (Å²) in [6, 6.07) is 7.15. The Morgan fingerprint density at radius 3 is 2.41 bits per heavy atom. The van der Waals surface area contributed by atoms with Crippen LogP contribution in [0.5, 0.6) is 5.75 Å². The van der Waals surface area contributed by atoms with Gasteiger partial charge in [-0.1, -0.05) is 6.07 Å². The van der Waals surface area contributed by atoms with Gasteiger partial charge >= 0.3 is 0 Å². The van der Waals surface area contributed by atoms with Gasteiger partial charge in [-0.15, -0.1) is 0 Å². The number of hydrogen-bond acceptors (Lipinski definition) is 2. The van der Waals surface area contributed by atoms with Crippen molar-refractivity contribution in [1.82, 2.24) is 0 Å². The SMILES string of the molecule is O=[C]c1ccc(-c2ccc(F)cc2F)cc1O. The lowest BCUT2D eigenvalue weighted by molar-refractivity contribution is 0.472. The second-order valence-electron chi connectivity index (χ2n) is 3.46. The highest BCUT2D eigenvalue weighted by atomic mass is 19.1. The number of benzene rings is 2. The first-order valence-corrected chi connectivity index (χ1v) is 4.78. The van der Waals surface area contributed by atoms with Crippen LogP contribution in [0.25, 0.3) is 11.1 Å². The van der Waals surface area contributed by atoms with Crippen LogP contribution in [-0.4, -0.2) is 11.4 Å². The molecule has 85 valence electrons. The molecule has 0 amide bonds. The molecule has 0 heterocycles. The van der Waals surface area contributed by atoms with Crippen molar-refractivity contribution in [3.63, 3.8) is 0 Å². The van der Waals surface area contributed by atoms with E-state index in [-0.39, 0.29) is 16.9 Å². The zero-order valence-corrected chi connectivity index (χ0v) is 8.58. The predicted octanol–water partition coefficient (Wildman–Crippen LogP) is 2.80. The van der Waals surface area contributed by atoms with Crippen LogP contribution in [0.4, 0.5) is 8.78 Å². The molecule has 0 saturated carbocycles. The molecule has 2 rings (SSSR count).